The quantitative estimate of drug-likeness (QED) is 0.619. The van der Waals surface area contributed by atoms with E-state index in [0.717, 1.165) is 28.0 Å². The van der Waals surface area contributed by atoms with Gasteiger partial charge >= 0.3 is 5.97 Å². The Labute approximate surface area is 158 Å². The Morgan fingerprint density at radius 2 is 1.93 bits per heavy atom. The van der Waals surface area contributed by atoms with Crippen LogP contribution >= 0.6 is 0 Å². The first-order valence-electron chi connectivity index (χ1n) is 9.56. The minimum Gasteiger partial charge on any atom is -0.478 e. The first-order chi connectivity index (χ1) is 13.1. The van der Waals surface area contributed by atoms with Gasteiger partial charge in [0.2, 0.25) is 0 Å². The predicted octanol–water partition coefficient (Wildman–Crippen LogP) is 5.57. The molecular weight excluding hydrogens is 340 g/mol. The summed E-state index contributed by atoms with van der Waals surface area (Å²) in [5.41, 5.74) is 3.19. The summed E-state index contributed by atoms with van der Waals surface area (Å²) >= 11 is 0. The molecule has 1 atom stereocenters. The summed E-state index contributed by atoms with van der Waals surface area (Å²) in [4.78, 5) is 15.3. The van der Waals surface area contributed by atoms with Crippen LogP contribution in [0.3, 0.4) is 0 Å². The zero-order valence-corrected chi connectivity index (χ0v) is 15.4. The van der Waals surface area contributed by atoms with Crippen molar-refractivity contribution in [3.05, 3.63) is 59.6 Å². The highest BCUT2D eigenvalue weighted by Gasteiger charge is 2.30. The van der Waals surface area contributed by atoms with Gasteiger partial charge in [-0.3, -0.25) is 4.98 Å². The van der Waals surface area contributed by atoms with E-state index >= 15 is 0 Å². The number of carboxylic acid groups (broad SMARTS) is 1. The number of furan rings is 1. The van der Waals surface area contributed by atoms with Gasteiger partial charge in [0, 0.05) is 29.0 Å². The molecule has 1 aliphatic rings. The molecule has 2 aromatic heterocycles. The number of aromatic carboxylic acids is 1. The molecule has 1 unspecified atom stereocenters. The average Bonchev–Trinajstić information content (AvgIpc) is 3.04. The summed E-state index contributed by atoms with van der Waals surface area (Å²) in [5, 5.41) is 13.8. The molecule has 0 bridgehead atoms. The molecule has 2 N–H and O–H groups in total. The fourth-order valence-electron chi connectivity index (χ4n) is 4.13. The van der Waals surface area contributed by atoms with E-state index in [1.54, 1.807) is 18.3 Å². The van der Waals surface area contributed by atoms with Crippen molar-refractivity contribution in [2.45, 2.75) is 45.1 Å². The molecule has 1 aromatic carbocycles. The molecule has 27 heavy (non-hydrogen) atoms. The predicted molar refractivity (Wildman–Crippen MR) is 105 cm³/mol. The summed E-state index contributed by atoms with van der Waals surface area (Å²) in [6.45, 7) is 2.09. The number of pyridine rings is 1. The third-order valence-corrected chi connectivity index (χ3v) is 5.63. The lowest BCUT2D eigenvalue weighted by Crippen LogP contribution is -2.23. The van der Waals surface area contributed by atoms with Crippen LogP contribution in [0.5, 0.6) is 0 Å². The Kier molecular flexibility index (Phi) is 4.84. The maximum Gasteiger partial charge on any atom is 0.335 e. The summed E-state index contributed by atoms with van der Waals surface area (Å²) in [7, 11) is 0. The highest BCUT2D eigenvalue weighted by Crippen LogP contribution is 2.40. The van der Waals surface area contributed by atoms with Gasteiger partial charge in [-0.2, -0.15) is 0 Å². The van der Waals surface area contributed by atoms with Crippen molar-refractivity contribution in [2.75, 3.05) is 5.32 Å². The SMILES string of the molecule is Cc1c(C(Nc2ccc(C(=O)O)cc2)C2CCCCC2)oc2ccncc12. The van der Waals surface area contributed by atoms with Gasteiger partial charge in [0.15, 0.2) is 0 Å². The van der Waals surface area contributed by atoms with Crippen LogP contribution in [0.25, 0.3) is 11.0 Å². The molecule has 4 rings (SSSR count). The van der Waals surface area contributed by atoms with Crippen molar-refractivity contribution in [1.82, 2.24) is 4.98 Å². The van der Waals surface area contributed by atoms with Crippen LogP contribution in [-0.4, -0.2) is 16.1 Å². The minimum absolute atomic E-state index is 0.0633. The van der Waals surface area contributed by atoms with Gasteiger partial charge in [0.25, 0.3) is 0 Å². The van der Waals surface area contributed by atoms with E-state index in [0.29, 0.717) is 11.5 Å². The number of hydrogen-bond donors (Lipinski definition) is 2. The number of aromatic nitrogens is 1. The molecule has 2 heterocycles. The number of anilines is 1. The lowest BCUT2D eigenvalue weighted by Gasteiger charge is -2.31. The van der Waals surface area contributed by atoms with Crippen molar-refractivity contribution in [3.63, 3.8) is 0 Å². The smallest absolute Gasteiger partial charge is 0.335 e. The number of carboxylic acids is 1. The third-order valence-electron chi connectivity index (χ3n) is 5.63. The molecule has 140 valence electrons. The van der Waals surface area contributed by atoms with E-state index in [1.807, 2.05) is 24.4 Å². The number of fused-ring (bicyclic) bond motifs is 1. The van der Waals surface area contributed by atoms with Gasteiger partial charge < -0.3 is 14.8 Å². The van der Waals surface area contributed by atoms with Gasteiger partial charge in [-0.05, 0) is 56.0 Å². The van der Waals surface area contributed by atoms with Crippen molar-refractivity contribution in [2.24, 2.45) is 5.92 Å². The van der Waals surface area contributed by atoms with Gasteiger partial charge in [0.05, 0.1) is 11.6 Å². The highest BCUT2D eigenvalue weighted by atomic mass is 16.4. The second kappa shape index (κ2) is 7.43. The molecule has 5 heteroatoms. The summed E-state index contributed by atoms with van der Waals surface area (Å²) in [5.74, 6) is 0.545. The third kappa shape index (κ3) is 3.54. The van der Waals surface area contributed by atoms with Gasteiger partial charge in [-0.15, -0.1) is 0 Å². The van der Waals surface area contributed by atoms with Crippen molar-refractivity contribution in [1.29, 1.82) is 0 Å². The molecular formula is C22H24N2O3. The van der Waals surface area contributed by atoms with Crippen molar-refractivity contribution in [3.8, 4) is 0 Å². The van der Waals surface area contributed by atoms with Gasteiger partial charge in [0.1, 0.15) is 11.3 Å². The molecule has 1 saturated carbocycles. The Bertz CT molecular complexity index is 940. The number of rotatable bonds is 5. The second-order valence-electron chi connectivity index (χ2n) is 7.37. The van der Waals surface area contributed by atoms with Crippen molar-refractivity contribution >= 4 is 22.6 Å². The Morgan fingerprint density at radius 1 is 1.19 bits per heavy atom. The fourth-order valence-corrected chi connectivity index (χ4v) is 4.13. The molecule has 0 spiro atoms. The summed E-state index contributed by atoms with van der Waals surface area (Å²) in [6, 6.07) is 8.91. The Morgan fingerprint density at radius 3 is 2.59 bits per heavy atom. The molecule has 3 aromatic rings. The lowest BCUT2D eigenvalue weighted by molar-refractivity contribution is 0.0697. The fraction of sp³-hybridized carbons (Fsp3) is 0.364. The van der Waals surface area contributed by atoms with E-state index in [4.69, 9.17) is 9.52 Å². The lowest BCUT2D eigenvalue weighted by atomic mass is 9.82. The molecule has 1 fully saturated rings. The average molecular weight is 364 g/mol. The van der Waals surface area contributed by atoms with Crippen LogP contribution in [0.4, 0.5) is 5.69 Å². The van der Waals surface area contributed by atoms with E-state index in [9.17, 15) is 4.79 Å². The number of carbonyl (C=O) groups is 1. The summed E-state index contributed by atoms with van der Waals surface area (Å²) < 4.78 is 6.25. The van der Waals surface area contributed by atoms with Gasteiger partial charge in [-0.25, -0.2) is 4.79 Å². The molecule has 1 aliphatic carbocycles. The minimum atomic E-state index is -0.911. The molecule has 0 saturated heterocycles. The molecule has 5 nitrogen and oxygen atoms in total. The number of nitrogens with one attached hydrogen (secondary N) is 1. The zero-order chi connectivity index (χ0) is 18.8. The van der Waals surface area contributed by atoms with E-state index in [-0.39, 0.29) is 6.04 Å². The van der Waals surface area contributed by atoms with Crippen LogP contribution in [0.2, 0.25) is 0 Å². The Hall–Kier alpha value is -2.82. The van der Waals surface area contributed by atoms with Crippen LogP contribution in [0, 0.1) is 12.8 Å². The maximum atomic E-state index is 11.1. The van der Waals surface area contributed by atoms with Crippen LogP contribution < -0.4 is 5.32 Å². The molecule has 0 aliphatic heterocycles. The van der Waals surface area contributed by atoms with Gasteiger partial charge in [-0.1, -0.05) is 19.3 Å². The number of benzene rings is 1. The number of nitrogens with zero attached hydrogens (tertiary/aromatic N) is 1. The largest absolute Gasteiger partial charge is 0.478 e. The van der Waals surface area contributed by atoms with E-state index in [1.165, 1.54) is 32.1 Å². The normalized spacial score (nSPS) is 16.3. The van der Waals surface area contributed by atoms with Crippen LogP contribution in [-0.2, 0) is 0 Å². The highest BCUT2D eigenvalue weighted by molar-refractivity contribution is 5.88. The van der Waals surface area contributed by atoms with E-state index in [2.05, 4.69) is 17.2 Å². The standard InChI is InChI=1S/C22H24N2O3/c1-14-18-13-23-12-11-19(18)27-21(14)20(15-5-3-2-4-6-15)24-17-9-7-16(8-10-17)22(25)26/h7-13,15,20,24H,2-6H2,1H3,(H,25,26). The van der Waals surface area contributed by atoms with Crippen molar-refractivity contribution < 1.29 is 14.3 Å². The number of hydrogen-bond acceptors (Lipinski definition) is 4. The monoisotopic (exact) mass is 364 g/mol. The van der Waals surface area contributed by atoms with Crippen LogP contribution in [0.15, 0.2) is 47.1 Å². The zero-order valence-electron chi connectivity index (χ0n) is 15.4. The van der Waals surface area contributed by atoms with Crippen LogP contribution in [0.1, 0.15) is 59.8 Å². The first kappa shape index (κ1) is 17.6. The maximum absolute atomic E-state index is 11.1. The Balaban J connectivity index is 1.69. The van der Waals surface area contributed by atoms with E-state index < -0.39 is 5.97 Å². The second-order valence-corrected chi connectivity index (χ2v) is 7.37. The molecule has 0 radical (unpaired) electrons. The summed E-state index contributed by atoms with van der Waals surface area (Å²) in [6.07, 6.45) is 9.71. The number of aryl methyl sites for hydroxylation is 1. The molecule has 0 amide bonds. The topological polar surface area (TPSA) is 75.4 Å². The first-order valence-corrected chi connectivity index (χ1v) is 9.56.